The van der Waals surface area contributed by atoms with Gasteiger partial charge in [-0.3, -0.25) is 4.79 Å². The Labute approximate surface area is 257 Å². The van der Waals surface area contributed by atoms with Crippen molar-refractivity contribution in [2.24, 2.45) is 0 Å². The Balaban J connectivity index is 3.72. The van der Waals surface area contributed by atoms with Crippen molar-refractivity contribution in [3.63, 3.8) is 0 Å². The van der Waals surface area contributed by atoms with Crippen LogP contribution in [0.25, 0.3) is 0 Å². The molecule has 4 heteroatoms. The quantitative estimate of drug-likeness (QED) is 0.0662. The molecule has 4 nitrogen and oxygen atoms in total. The highest BCUT2D eigenvalue weighted by molar-refractivity contribution is 5.76. The van der Waals surface area contributed by atoms with Gasteiger partial charge in [0.05, 0.1) is 12.7 Å². The molecule has 246 valence electrons. The molecule has 0 fully saturated rings. The molecule has 0 bridgehead atoms. The first-order valence-corrected chi connectivity index (χ1v) is 18.7. The van der Waals surface area contributed by atoms with E-state index in [9.17, 15) is 15.0 Å². The highest BCUT2D eigenvalue weighted by Gasteiger charge is 2.16. The fourth-order valence-corrected chi connectivity index (χ4v) is 6.02. The number of carbonyl (C=O) groups is 1. The molecule has 0 spiro atoms. The topological polar surface area (TPSA) is 69.6 Å². The van der Waals surface area contributed by atoms with Gasteiger partial charge < -0.3 is 15.5 Å². The molecular formula is C37H75NO3. The third-order valence-corrected chi connectivity index (χ3v) is 8.80. The number of rotatable bonds is 34. The Hall–Kier alpha value is -0.610. The molecule has 0 aromatic heterocycles. The van der Waals surface area contributed by atoms with Gasteiger partial charge in [-0.05, 0) is 19.3 Å². The van der Waals surface area contributed by atoms with E-state index in [1.54, 1.807) is 0 Å². The molecule has 0 aromatic rings. The van der Waals surface area contributed by atoms with Crippen molar-refractivity contribution in [1.29, 1.82) is 0 Å². The van der Waals surface area contributed by atoms with E-state index in [-0.39, 0.29) is 18.6 Å². The lowest BCUT2D eigenvalue weighted by Crippen LogP contribution is -2.38. The predicted molar refractivity (Wildman–Crippen MR) is 179 cm³/mol. The van der Waals surface area contributed by atoms with Crippen molar-refractivity contribution < 1.29 is 15.0 Å². The molecule has 0 aliphatic rings. The largest absolute Gasteiger partial charge is 0.394 e. The summed E-state index contributed by atoms with van der Waals surface area (Å²) in [6.07, 6.45) is 38.5. The normalized spacial score (nSPS) is 13.0. The molecule has 0 aliphatic carbocycles. The van der Waals surface area contributed by atoms with Gasteiger partial charge in [0, 0.05) is 12.5 Å². The molecule has 0 aromatic carbocycles. The van der Waals surface area contributed by atoms with Crippen LogP contribution in [0, 0.1) is 0 Å². The van der Waals surface area contributed by atoms with Gasteiger partial charge in [0.25, 0.3) is 0 Å². The second kappa shape index (κ2) is 33.9. The van der Waals surface area contributed by atoms with Crippen LogP contribution in [0.2, 0.25) is 0 Å². The summed E-state index contributed by atoms with van der Waals surface area (Å²) in [6, 6.07) is -0.0198. The van der Waals surface area contributed by atoms with Crippen LogP contribution in [-0.4, -0.2) is 34.9 Å². The molecule has 2 atom stereocenters. The molecule has 41 heavy (non-hydrogen) atoms. The Morgan fingerprint density at radius 1 is 0.512 bits per heavy atom. The van der Waals surface area contributed by atoms with Crippen LogP contribution in [-0.2, 0) is 4.79 Å². The van der Waals surface area contributed by atoms with E-state index in [4.69, 9.17) is 0 Å². The first kappa shape index (κ1) is 40.4. The van der Waals surface area contributed by atoms with Gasteiger partial charge in [-0.2, -0.15) is 0 Å². The van der Waals surface area contributed by atoms with Crippen molar-refractivity contribution >= 4 is 5.91 Å². The molecule has 2 unspecified atom stereocenters. The monoisotopic (exact) mass is 582 g/mol. The highest BCUT2D eigenvalue weighted by Crippen LogP contribution is 2.16. The first-order valence-electron chi connectivity index (χ1n) is 18.7. The first-order chi connectivity index (χ1) is 20.1. The zero-order valence-corrected chi connectivity index (χ0v) is 28.1. The maximum absolute atomic E-state index is 12.5. The van der Waals surface area contributed by atoms with Crippen molar-refractivity contribution in [2.45, 2.75) is 225 Å². The Morgan fingerprint density at radius 3 is 1.17 bits per heavy atom. The smallest absolute Gasteiger partial charge is 0.220 e. The van der Waals surface area contributed by atoms with Gasteiger partial charge in [0.2, 0.25) is 5.91 Å². The summed E-state index contributed by atoms with van der Waals surface area (Å²) < 4.78 is 0. The summed E-state index contributed by atoms with van der Waals surface area (Å²) in [5.41, 5.74) is 0. The Kier molecular flexibility index (Phi) is 33.4. The minimum Gasteiger partial charge on any atom is -0.394 e. The number of amides is 1. The third kappa shape index (κ3) is 32.1. The molecule has 0 saturated heterocycles. The standard InChI is InChI=1S/C37H75NO3/c1-3-5-7-9-11-13-15-17-18-20-21-23-25-27-29-31-35(33-36(40)34-39)38-37(41)32-30-28-26-24-22-19-16-14-12-10-8-6-4-2/h35-36,39-40H,3-34H2,1-2H3,(H,38,41). The van der Waals surface area contributed by atoms with Gasteiger partial charge in [0.15, 0.2) is 0 Å². The molecule has 0 radical (unpaired) electrons. The van der Waals surface area contributed by atoms with E-state index >= 15 is 0 Å². The van der Waals surface area contributed by atoms with E-state index < -0.39 is 6.10 Å². The van der Waals surface area contributed by atoms with Gasteiger partial charge in [-0.15, -0.1) is 0 Å². The molecule has 0 heterocycles. The number of hydrogen-bond acceptors (Lipinski definition) is 3. The van der Waals surface area contributed by atoms with Crippen molar-refractivity contribution in [1.82, 2.24) is 5.32 Å². The van der Waals surface area contributed by atoms with Gasteiger partial charge in [-0.1, -0.05) is 187 Å². The Morgan fingerprint density at radius 2 is 0.829 bits per heavy atom. The highest BCUT2D eigenvalue weighted by atomic mass is 16.3. The molecule has 0 saturated carbocycles. The fourth-order valence-electron chi connectivity index (χ4n) is 6.02. The van der Waals surface area contributed by atoms with Crippen LogP contribution in [0.1, 0.15) is 213 Å². The lowest BCUT2D eigenvalue weighted by molar-refractivity contribution is -0.122. The maximum atomic E-state index is 12.5. The average Bonchev–Trinajstić information content (AvgIpc) is 2.97. The average molecular weight is 582 g/mol. The number of hydrogen-bond donors (Lipinski definition) is 3. The minimum absolute atomic E-state index is 0.0198. The molecule has 3 N–H and O–H groups in total. The van der Waals surface area contributed by atoms with Crippen LogP contribution in [0.4, 0.5) is 0 Å². The van der Waals surface area contributed by atoms with Crippen LogP contribution in [0.15, 0.2) is 0 Å². The minimum atomic E-state index is -0.743. The van der Waals surface area contributed by atoms with E-state index in [1.165, 1.54) is 161 Å². The number of nitrogens with one attached hydrogen (secondary N) is 1. The van der Waals surface area contributed by atoms with Gasteiger partial charge >= 0.3 is 0 Å². The number of aliphatic hydroxyl groups is 2. The predicted octanol–water partition coefficient (Wildman–Crippen LogP) is 11.0. The summed E-state index contributed by atoms with van der Waals surface area (Å²) in [4.78, 5) is 12.5. The molecule has 0 rings (SSSR count). The number of carbonyl (C=O) groups excluding carboxylic acids is 1. The fraction of sp³-hybridized carbons (Fsp3) is 0.973. The SMILES string of the molecule is CCCCCCCCCCCCCCCCCC(CC(O)CO)NC(=O)CCCCCCCCCCCCCCC. The van der Waals surface area contributed by atoms with Crippen LogP contribution < -0.4 is 5.32 Å². The van der Waals surface area contributed by atoms with Crippen LogP contribution in [0.5, 0.6) is 0 Å². The van der Waals surface area contributed by atoms with E-state index in [2.05, 4.69) is 19.2 Å². The van der Waals surface area contributed by atoms with Crippen LogP contribution in [0.3, 0.4) is 0 Å². The lowest BCUT2D eigenvalue weighted by Gasteiger charge is -2.21. The number of aliphatic hydroxyl groups excluding tert-OH is 2. The summed E-state index contributed by atoms with van der Waals surface area (Å²) >= 11 is 0. The second-order valence-corrected chi connectivity index (χ2v) is 13.1. The lowest BCUT2D eigenvalue weighted by atomic mass is 10.00. The Bertz CT molecular complexity index is 512. The summed E-state index contributed by atoms with van der Waals surface area (Å²) in [5.74, 6) is 0.115. The van der Waals surface area contributed by atoms with Crippen LogP contribution >= 0.6 is 0 Å². The third-order valence-electron chi connectivity index (χ3n) is 8.80. The van der Waals surface area contributed by atoms with E-state index in [0.29, 0.717) is 12.8 Å². The summed E-state index contributed by atoms with van der Waals surface area (Å²) in [6.45, 7) is 4.32. The van der Waals surface area contributed by atoms with E-state index in [0.717, 1.165) is 25.7 Å². The molecular weight excluding hydrogens is 506 g/mol. The van der Waals surface area contributed by atoms with Gasteiger partial charge in [-0.25, -0.2) is 0 Å². The zero-order chi connectivity index (χ0) is 30.1. The summed E-state index contributed by atoms with van der Waals surface area (Å²) in [5, 5.41) is 22.4. The van der Waals surface area contributed by atoms with Crippen molar-refractivity contribution in [3.05, 3.63) is 0 Å². The molecule has 0 aliphatic heterocycles. The van der Waals surface area contributed by atoms with Crippen molar-refractivity contribution in [2.75, 3.05) is 6.61 Å². The summed E-state index contributed by atoms with van der Waals surface area (Å²) in [7, 11) is 0. The molecule has 1 amide bonds. The van der Waals surface area contributed by atoms with E-state index in [1.807, 2.05) is 0 Å². The zero-order valence-electron chi connectivity index (χ0n) is 28.1. The second-order valence-electron chi connectivity index (χ2n) is 13.1. The number of unbranched alkanes of at least 4 members (excludes halogenated alkanes) is 26. The van der Waals surface area contributed by atoms with Crippen molar-refractivity contribution in [3.8, 4) is 0 Å². The maximum Gasteiger partial charge on any atom is 0.220 e. The van der Waals surface area contributed by atoms with Gasteiger partial charge in [0.1, 0.15) is 0 Å².